The highest BCUT2D eigenvalue weighted by atomic mass is 32.2. The SMILES string of the molecule is CCCN(CC(=O)O)C(=O)c1cc(SC)ccc1C. The van der Waals surface area contributed by atoms with Gasteiger partial charge in [-0.15, -0.1) is 11.8 Å². The normalized spacial score (nSPS) is 10.3. The Balaban J connectivity index is 3.04. The molecule has 0 spiro atoms. The van der Waals surface area contributed by atoms with Crippen LogP contribution in [-0.4, -0.2) is 41.2 Å². The highest BCUT2D eigenvalue weighted by molar-refractivity contribution is 7.98. The molecule has 4 nitrogen and oxygen atoms in total. The van der Waals surface area contributed by atoms with Crippen molar-refractivity contribution in [1.82, 2.24) is 4.90 Å². The minimum atomic E-state index is -0.986. The van der Waals surface area contributed by atoms with Crippen molar-refractivity contribution in [1.29, 1.82) is 0 Å². The number of rotatable bonds is 6. The fraction of sp³-hybridized carbons (Fsp3) is 0.429. The fourth-order valence-corrected chi connectivity index (χ4v) is 2.25. The zero-order chi connectivity index (χ0) is 14.4. The minimum absolute atomic E-state index is 0.211. The molecule has 19 heavy (non-hydrogen) atoms. The Morgan fingerprint density at radius 2 is 2.05 bits per heavy atom. The van der Waals surface area contributed by atoms with Crippen LogP contribution in [0.4, 0.5) is 0 Å². The molecule has 5 heteroatoms. The highest BCUT2D eigenvalue weighted by Gasteiger charge is 2.19. The maximum Gasteiger partial charge on any atom is 0.323 e. The average molecular weight is 281 g/mol. The molecule has 104 valence electrons. The summed E-state index contributed by atoms with van der Waals surface area (Å²) in [6.07, 6.45) is 2.68. The second-order valence-electron chi connectivity index (χ2n) is 4.30. The van der Waals surface area contributed by atoms with Gasteiger partial charge in [0, 0.05) is 17.0 Å². The zero-order valence-corrected chi connectivity index (χ0v) is 12.3. The van der Waals surface area contributed by atoms with Crippen molar-refractivity contribution >= 4 is 23.6 Å². The first-order valence-corrected chi connectivity index (χ1v) is 7.37. The van der Waals surface area contributed by atoms with Gasteiger partial charge in [0.05, 0.1) is 0 Å². The molecule has 1 amide bonds. The number of aryl methyl sites for hydroxylation is 1. The average Bonchev–Trinajstić information content (AvgIpc) is 2.37. The fourth-order valence-electron chi connectivity index (χ4n) is 1.81. The van der Waals surface area contributed by atoms with Crippen LogP contribution in [0.25, 0.3) is 0 Å². The summed E-state index contributed by atoms with van der Waals surface area (Å²) in [4.78, 5) is 25.6. The molecular weight excluding hydrogens is 262 g/mol. The van der Waals surface area contributed by atoms with E-state index in [1.807, 2.05) is 38.3 Å². The van der Waals surface area contributed by atoms with E-state index in [-0.39, 0.29) is 12.5 Å². The Morgan fingerprint density at radius 3 is 2.58 bits per heavy atom. The number of carbonyl (C=O) groups excluding carboxylic acids is 1. The van der Waals surface area contributed by atoms with E-state index in [2.05, 4.69) is 0 Å². The van der Waals surface area contributed by atoms with Gasteiger partial charge in [0.2, 0.25) is 0 Å². The number of benzene rings is 1. The monoisotopic (exact) mass is 281 g/mol. The van der Waals surface area contributed by atoms with Gasteiger partial charge in [0.15, 0.2) is 0 Å². The molecule has 0 unspecified atom stereocenters. The first-order chi connectivity index (χ1) is 8.99. The van der Waals surface area contributed by atoms with Gasteiger partial charge in [-0.1, -0.05) is 13.0 Å². The van der Waals surface area contributed by atoms with Crippen LogP contribution < -0.4 is 0 Å². The lowest BCUT2D eigenvalue weighted by molar-refractivity contribution is -0.137. The molecule has 0 aliphatic heterocycles. The van der Waals surface area contributed by atoms with Gasteiger partial charge in [-0.25, -0.2) is 0 Å². The molecule has 0 radical (unpaired) electrons. The lowest BCUT2D eigenvalue weighted by Gasteiger charge is -2.21. The number of hydrogen-bond donors (Lipinski definition) is 1. The number of thioether (sulfide) groups is 1. The molecule has 1 rings (SSSR count). The van der Waals surface area contributed by atoms with Crippen molar-refractivity contribution in [2.45, 2.75) is 25.2 Å². The van der Waals surface area contributed by atoms with Crippen molar-refractivity contribution in [2.24, 2.45) is 0 Å². The molecule has 0 saturated heterocycles. The summed E-state index contributed by atoms with van der Waals surface area (Å²) in [7, 11) is 0. The van der Waals surface area contributed by atoms with Crippen molar-refractivity contribution < 1.29 is 14.7 Å². The predicted octanol–water partition coefficient (Wildman–Crippen LogP) is 2.65. The summed E-state index contributed by atoms with van der Waals surface area (Å²) in [5.74, 6) is -1.20. The Bertz CT molecular complexity index is 474. The molecule has 1 aromatic rings. The van der Waals surface area contributed by atoms with E-state index in [0.717, 1.165) is 16.9 Å². The Labute approximate surface area is 117 Å². The first kappa shape index (κ1) is 15.6. The third kappa shape index (κ3) is 4.28. The van der Waals surface area contributed by atoms with Crippen LogP contribution in [0.3, 0.4) is 0 Å². The van der Waals surface area contributed by atoms with Crippen LogP contribution >= 0.6 is 11.8 Å². The van der Waals surface area contributed by atoms with E-state index in [4.69, 9.17) is 5.11 Å². The van der Waals surface area contributed by atoms with Gasteiger partial charge in [-0.05, 0) is 37.3 Å². The molecular formula is C14H19NO3S. The summed E-state index contributed by atoms with van der Waals surface area (Å²) in [6, 6.07) is 5.68. The third-order valence-corrected chi connectivity index (χ3v) is 3.51. The maximum atomic E-state index is 12.4. The van der Waals surface area contributed by atoms with E-state index in [1.165, 1.54) is 4.90 Å². The van der Waals surface area contributed by atoms with E-state index in [1.54, 1.807) is 11.8 Å². The second-order valence-corrected chi connectivity index (χ2v) is 5.18. The van der Waals surface area contributed by atoms with Crippen LogP contribution in [0.15, 0.2) is 23.1 Å². The lowest BCUT2D eigenvalue weighted by Crippen LogP contribution is -2.36. The molecule has 0 bridgehead atoms. The van der Waals surface area contributed by atoms with Crippen molar-refractivity contribution in [2.75, 3.05) is 19.3 Å². The molecule has 1 N–H and O–H groups in total. The molecule has 0 atom stereocenters. The Morgan fingerprint density at radius 1 is 1.37 bits per heavy atom. The van der Waals surface area contributed by atoms with Crippen LogP contribution in [0.5, 0.6) is 0 Å². The van der Waals surface area contributed by atoms with E-state index >= 15 is 0 Å². The molecule has 0 aromatic heterocycles. The largest absolute Gasteiger partial charge is 0.480 e. The number of carboxylic acids is 1. The molecule has 0 fully saturated rings. The summed E-state index contributed by atoms with van der Waals surface area (Å²) in [5, 5.41) is 8.88. The van der Waals surface area contributed by atoms with Crippen LogP contribution in [0.1, 0.15) is 29.3 Å². The zero-order valence-electron chi connectivity index (χ0n) is 11.5. The van der Waals surface area contributed by atoms with Gasteiger partial charge < -0.3 is 10.0 Å². The predicted molar refractivity (Wildman–Crippen MR) is 76.8 cm³/mol. The number of amides is 1. The maximum absolute atomic E-state index is 12.4. The molecule has 0 aliphatic rings. The van der Waals surface area contributed by atoms with Gasteiger partial charge in [-0.3, -0.25) is 9.59 Å². The summed E-state index contributed by atoms with van der Waals surface area (Å²) < 4.78 is 0. The van der Waals surface area contributed by atoms with Crippen LogP contribution in [0, 0.1) is 6.92 Å². The standard InChI is InChI=1S/C14H19NO3S/c1-4-7-15(9-13(16)17)14(18)12-8-11(19-3)6-5-10(12)2/h5-6,8H,4,7,9H2,1-3H3,(H,16,17). The molecule has 0 aliphatic carbocycles. The highest BCUT2D eigenvalue weighted by Crippen LogP contribution is 2.20. The quantitative estimate of drug-likeness (QED) is 0.814. The number of nitrogens with zero attached hydrogens (tertiary/aromatic N) is 1. The van der Waals surface area contributed by atoms with E-state index in [9.17, 15) is 9.59 Å². The third-order valence-electron chi connectivity index (χ3n) is 2.78. The number of aliphatic carboxylic acids is 1. The van der Waals surface area contributed by atoms with Gasteiger partial charge >= 0.3 is 5.97 Å². The summed E-state index contributed by atoms with van der Waals surface area (Å²) in [6.45, 7) is 3.99. The van der Waals surface area contributed by atoms with Gasteiger partial charge in [0.25, 0.3) is 5.91 Å². The van der Waals surface area contributed by atoms with E-state index in [0.29, 0.717) is 12.1 Å². The number of hydrogen-bond acceptors (Lipinski definition) is 3. The topological polar surface area (TPSA) is 57.6 Å². The lowest BCUT2D eigenvalue weighted by atomic mass is 10.1. The second kappa shape index (κ2) is 7.19. The van der Waals surface area contributed by atoms with Crippen molar-refractivity contribution in [3.05, 3.63) is 29.3 Å². The first-order valence-electron chi connectivity index (χ1n) is 6.15. The van der Waals surface area contributed by atoms with Gasteiger partial charge in [0.1, 0.15) is 6.54 Å². The van der Waals surface area contributed by atoms with Gasteiger partial charge in [-0.2, -0.15) is 0 Å². The minimum Gasteiger partial charge on any atom is -0.480 e. The summed E-state index contributed by atoms with van der Waals surface area (Å²) >= 11 is 1.56. The number of carboxylic acid groups (broad SMARTS) is 1. The molecule has 0 saturated carbocycles. The van der Waals surface area contributed by atoms with Crippen molar-refractivity contribution in [3.8, 4) is 0 Å². The Hall–Kier alpha value is -1.49. The molecule has 1 aromatic carbocycles. The molecule has 0 heterocycles. The Kier molecular flexibility index (Phi) is 5.89. The van der Waals surface area contributed by atoms with Crippen molar-refractivity contribution in [3.63, 3.8) is 0 Å². The summed E-state index contributed by atoms with van der Waals surface area (Å²) in [5.41, 5.74) is 1.45. The van der Waals surface area contributed by atoms with Crippen LogP contribution in [0.2, 0.25) is 0 Å². The number of carbonyl (C=O) groups is 2. The van der Waals surface area contributed by atoms with Crippen LogP contribution in [-0.2, 0) is 4.79 Å². The smallest absolute Gasteiger partial charge is 0.323 e. The van der Waals surface area contributed by atoms with E-state index < -0.39 is 5.97 Å².